The number of amides is 1. The van der Waals surface area contributed by atoms with Crippen LogP contribution in [0.4, 0.5) is 0 Å². The number of nitrogens with one attached hydrogen (secondary N) is 1. The molecule has 1 N–H and O–H groups in total. The first-order valence-electron chi connectivity index (χ1n) is 8.93. The number of benzene rings is 1. The molecule has 1 aromatic heterocycles. The van der Waals surface area contributed by atoms with E-state index in [1.165, 1.54) is 41.4 Å². The number of aromatic nitrogens is 1. The second kappa shape index (κ2) is 6.00. The van der Waals surface area contributed by atoms with Crippen LogP contribution in [0.2, 0.25) is 0 Å². The molecular formula is C19H25N3O. The molecule has 1 aliphatic heterocycles. The SMILES string of the molecule is CCn1c2c(c3cc(C(=O)N4CCNCC4)ccc31)CCCC2. The van der Waals surface area contributed by atoms with E-state index in [-0.39, 0.29) is 5.91 Å². The molecule has 4 nitrogen and oxygen atoms in total. The molecular weight excluding hydrogens is 286 g/mol. The third-order valence-electron chi connectivity index (χ3n) is 5.34. The maximum atomic E-state index is 12.8. The topological polar surface area (TPSA) is 37.3 Å². The fourth-order valence-corrected chi connectivity index (χ4v) is 4.18. The summed E-state index contributed by atoms with van der Waals surface area (Å²) < 4.78 is 2.45. The molecule has 2 aliphatic rings. The van der Waals surface area contributed by atoms with Crippen LogP contribution in [-0.2, 0) is 19.4 Å². The van der Waals surface area contributed by atoms with Crippen molar-refractivity contribution < 1.29 is 4.79 Å². The van der Waals surface area contributed by atoms with Gasteiger partial charge in [0.1, 0.15) is 0 Å². The Bertz CT molecular complexity index is 741. The van der Waals surface area contributed by atoms with Crippen molar-refractivity contribution in [3.63, 3.8) is 0 Å². The highest BCUT2D eigenvalue weighted by molar-refractivity contribution is 5.99. The Balaban J connectivity index is 1.76. The number of nitrogens with zero attached hydrogens (tertiary/aromatic N) is 2. The van der Waals surface area contributed by atoms with Crippen molar-refractivity contribution in [2.75, 3.05) is 26.2 Å². The fraction of sp³-hybridized carbons (Fsp3) is 0.526. The summed E-state index contributed by atoms with van der Waals surface area (Å²) in [6, 6.07) is 6.33. The zero-order valence-electron chi connectivity index (χ0n) is 13.9. The Morgan fingerprint density at radius 1 is 1.17 bits per heavy atom. The van der Waals surface area contributed by atoms with Crippen molar-refractivity contribution in [2.45, 2.75) is 39.2 Å². The first kappa shape index (κ1) is 14.8. The van der Waals surface area contributed by atoms with Gasteiger partial charge in [0.2, 0.25) is 0 Å². The molecule has 23 heavy (non-hydrogen) atoms. The summed E-state index contributed by atoms with van der Waals surface area (Å²) in [6.07, 6.45) is 4.89. The second-order valence-corrected chi connectivity index (χ2v) is 6.65. The van der Waals surface area contributed by atoms with E-state index in [1.54, 1.807) is 0 Å². The molecule has 0 spiro atoms. The van der Waals surface area contributed by atoms with Gasteiger partial charge < -0.3 is 14.8 Å². The lowest BCUT2D eigenvalue weighted by Gasteiger charge is -2.27. The van der Waals surface area contributed by atoms with Crippen LogP contribution >= 0.6 is 0 Å². The van der Waals surface area contributed by atoms with Gasteiger partial charge in [0.05, 0.1) is 0 Å². The Morgan fingerprint density at radius 2 is 1.96 bits per heavy atom. The van der Waals surface area contributed by atoms with Crippen LogP contribution in [0.15, 0.2) is 18.2 Å². The van der Waals surface area contributed by atoms with Crippen LogP contribution in [-0.4, -0.2) is 41.6 Å². The summed E-state index contributed by atoms with van der Waals surface area (Å²) in [6.45, 7) is 6.64. The van der Waals surface area contributed by atoms with E-state index < -0.39 is 0 Å². The molecule has 2 heterocycles. The van der Waals surface area contributed by atoms with Crippen molar-refractivity contribution in [2.24, 2.45) is 0 Å². The number of carbonyl (C=O) groups is 1. The van der Waals surface area contributed by atoms with Gasteiger partial charge in [-0.15, -0.1) is 0 Å². The maximum absolute atomic E-state index is 12.8. The zero-order valence-corrected chi connectivity index (χ0v) is 13.9. The van der Waals surface area contributed by atoms with E-state index in [0.29, 0.717) is 0 Å². The highest BCUT2D eigenvalue weighted by atomic mass is 16.2. The van der Waals surface area contributed by atoms with Gasteiger partial charge in [0.15, 0.2) is 0 Å². The average Bonchev–Trinajstić information content (AvgIpc) is 2.95. The fourth-order valence-electron chi connectivity index (χ4n) is 4.18. The lowest BCUT2D eigenvalue weighted by molar-refractivity contribution is 0.0736. The molecule has 1 amide bonds. The summed E-state index contributed by atoms with van der Waals surface area (Å²) in [4.78, 5) is 14.8. The van der Waals surface area contributed by atoms with Gasteiger partial charge in [-0.3, -0.25) is 4.79 Å². The summed E-state index contributed by atoms with van der Waals surface area (Å²) in [5, 5.41) is 4.61. The Kier molecular flexibility index (Phi) is 3.85. The average molecular weight is 311 g/mol. The van der Waals surface area contributed by atoms with Crippen LogP contribution in [0.3, 0.4) is 0 Å². The van der Waals surface area contributed by atoms with E-state index >= 15 is 0 Å². The van der Waals surface area contributed by atoms with Crippen molar-refractivity contribution in [1.82, 2.24) is 14.8 Å². The molecule has 0 unspecified atom stereocenters. The number of piperazine rings is 1. The van der Waals surface area contributed by atoms with E-state index in [9.17, 15) is 4.79 Å². The summed E-state index contributed by atoms with van der Waals surface area (Å²) in [7, 11) is 0. The molecule has 1 aromatic carbocycles. The van der Waals surface area contributed by atoms with Gasteiger partial charge in [0, 0.05) is 54.9 Å². The van der Waals surface area contributed by atoms with E-state index in [2.05, 4.69) is 28.9 Å². The Morgan fingerprint density at radius 3 is 2.74 bits per heavy atom. The van der Waals surface area contributed by atoms with Crippen LogP contribution in [0.25, 0.3) is 10.9 Å². The standard InChI is InChI=1S/C19H25N3O/c1-2-22-17-6-4-3-5-15(17)16-13-14(7-8-18(16)22)19(23)21-11-9-20-10-12-21/h7-8,13,20H,2-6,9-12H2,1H3. The lowest BCUT2D eigenvalue weighted by atomic mass is 9.95. The van der Waals surface area contributed by atoms with Crippen molar-refractivity contribution in [1.29, 1.82) is 0 Å². The van der Waals surface area contributed by atoms with Crippen molar-refractivity contribution in [3.05, 3.63) is 35.0 Å². The minimum absolute atomic E-state index is 0.183. The second-order valence-electron chi connectivity index (χ2n) is 6.65. The van der Waals surface area contributed by atoms with E-state index in [4.69, 9.17) is 0 Å². The van der Waals surface area contributed by atoms with Crippen LogP contribution in [0.5, 0.6) is 0 Å². The number of fused-ring (bicyclic) bond motifs is 3. The van der Waals surface area contributed by atoms with E-state index in [1.807, 2.05) is 11.0 Å². The van der Waals surface area contributed by atoms with E-state index in [0.717, 1.165) is 44.7 Å². The smallest absolute Gasteiger partial charge is 0.253 e. The molecule has 2 aromatic rings. The molecule has 0 saturated carbocycles. The first-order chi connectivity index (χ1) is 11.3. The lowest BCUT2D eigenvalue weighted by Crippen LogP contribution is -2.46. The number of aryl methyl sites for hydroxylation is 2. The molecule has 122 valence electrons. The van der Waals surface area contributed by atoms with Crippen LogP contribution in [0, 0.1) is 0 Å². The molecule has 4 rings (SSSR count). The monoisotopic (exact) mass is 311 g/mol. The third-order valence-corrected chi connectivity index (χ3v) is 5.34. The predicted molar refractivity (Wildman–Crippen MR) is 93.0 cm³/mol. The van der Waals surface area contributed by atoms with Gasteiger partial charge in [-0.1, -0.05) is 0 Å². The highest BCUT2D eigenvalue weighted by Crippen LogP contribution is 2.33. The number of rotatable bonds is 2. The molecule has 1 fully saturated rings. The van der Waals surface area contributed by atoms with Gasteiger partial charge in [-0.25, -0.2) is 0 Å². The number of carbonyl (C=O) groups excluding carboxylic acids is 1. The zero-order chi connectivity index (χ0) is 15.8. The van der Waals surface area contributed by atoms with Crippen LogP contribution < -0.4 is 5.32 Å². The normalized spacial score (nSPS) is 18.2. The van der Waals surface area contributed by atoms with Crippen LogP contribution in [0.1, 0.15) is 41.4 Å². The van der Waals surface area contributed by atoms with Crippen molar-refractivity contribution in [3.8, 4) is 0 Å². The van der Waals surface area contributed by atoms with Gasteiger partial charge in [-0.2, -0.15) is 0 Å². The quantitative estimate of drug-likeness (QED) is 0.925. The molecule has 1 aliphatic carbocycles. The Hall–Kier alpha value is -1.81. The Labute approximate surface area is 137 Å². The van der Waals surface area contributed by atoms with Gasteiger partial charge in [0.25, 0.3) is 5.91 Å². The van der Waals surface area contributed by atoms with Gasteiger partial charge in [-0.05, 0) is 56.4 Å². The summed E-state index contributed by atoms with van der Waals surface area (Å²) >= 11 is 0. The number of hydrogen-bond donors (Lipinski definition) is 1. The number of hydrogen-bond acceptors (Lipinski definition) is 2. The minimum Gasteiger partial charge on any atom is -0.345 e. The molecule has 4 heteroatoms. The van der Waals surface area contributed by atoms with Gasteiger partial charge >= 0.3 is 0 Å². The first-order valence-corrected chi connectivity index (χ1v) is 8.93. The highest BCUT2D eigenvalue weighted by Gasteiger charge is 2.22. The molecule has 0 radical (unpaired) electrons. The van der Waals surface area contributed by atoms with Crippen molar-refractivity contribution >= 4 is 16.8 Å². The molecule has 1 saturated heterocycles. The predicted octanol–water partition coefficient (Wildman–Crippen LogP) is 2.59. The molecule has 0 bridgehead atoms. The summed E-state index contributed by atoms with van der Waals surface area (Å²) in [5.41, 5.74) is 5.14. The largest absolute Gasteiger partial charge is 0.345 e. The third kappa shape index (κ3) is 2.45. The maximum Gasteiger partial charge on any atom is 0.253 e. The summed E-state index contributed by atoms with van der Waals surface area (Å²) in [5.74, 6) is 0.183. The molecule has 0 atom stereocenters. The minimum atomic E-state index is 0.183.